The molecular weight excluding hydrogens is 479 g/mol. The summed E-state index contributed by atoms with van der Waals surface area (Å²) in [5.41, 5.74) is 2.25. The molecule has 0 saturated carbocycles. The lowest BCUT2D eigenvalue weighted by molar-refractivity contribution is -0.111. The van der Waals surface area contributed by atoms with E-state index >= 15 is 0 Å². The van der Waals surface area contributed by atoms with Crippen molar-refractivity contribution in [1.29, 1.82) is 0 Å². The van der Waals surface area contributed by atoms with E-state index in [1.807, 2.05) is 0 Å². The van der Waals surface area contributed by atoms with E-state index in [4.69, 9.17) is 37.1 Å². The van der Waals surface area contributed by atoms with Gasteiger partial charge in [0.05, 0.1) is 36.6 Å². The molecule has 0 bridgehead atoms. The van der Waals surface area contributed by atoms with E-state index in [1.165, 1.54) is 13.2 Å². The van der Waals surface area contributed by atoms with Crippen LogP contribution < -0.4 is 10.2 Å². The predicted octanol–water partition coefficient (Wildman–Crippen LogP) is 5.53. The Bertz CT molecular complexity index is 1230. The molecular formula is C25H22Cl2N2O5. The molecule has 0 aliphatic carbocycles. The van der Waals surface area contributed by atoms with Crippen molar-refractivity contribution in [2.24, 2.45) is 0 Å². The van der Waals surface area contributed by atoms with Gasteiger partial charge >= 0.3 is 5.97 Å². The second-order valence-electron chi connectivity index (χ2n) is 7.47. The van der Waals surface area contributed by atoms with Gasteiger partial charge in [-0.2, -0.15) is 0 Å². The summed E-state index contributed by atoms with van der Waals surface area (Å²) in [6.45, 7) is 2.51. The van der Waals surface area contributed by atoms with E-state index in [0.717, 1.165) is 5.69 Å². The van der Waals surface area contributed by atoms with Gasteiger partial charge in [-0.3, -0.25) is 4.79 Å². The molecule has 1 aliphatic heterocycles. The maximum absolute atomic E-state index is 12.5. The Hall–Kier alpha value is -3.26. The number of benzene rings is 2. The SMILES string of the molecule is COC(=O)c1cc(NC(=O)/C=C/c2ccc(-c3cc(Cl)ccc3Cl)o2)ccc1N1CCOCC1. The molecule has 1 saturated heterocycles. The van der Waals surface area contributed by atoms with Gasteiger partial charge in [-0.15, -0.1) is 0 Å². The molecule has 0 unspecified atom stereocenters. The molecule has 34 heavy (non-hydrogen) atoms. The number of methoxy groups -OCH3 is 1. The molecule has 7 nitrogen and oxygen atoms in total. The summed E-state index contributed by atoms with van der Waals surface area (Å²) >= 11 is 12.3. The Labute approximate surface area is 206 Å². The van der Waals surface area contributed by atoms with E-state index in [0.29, 0.717) is 64.7 Å². The van der Waals surface area contributed by atoms with Crippen molar-refractivity contribution in [2.45, 2.75) is 0 Å². The smallest absolute Gasteiger partial charge is 0.340 e. The number of amides is 1. The molecule has 0 spiro atoms. The summed E-state index contributed by atoms with van der Waals surface area (Å²) in [5.74, 6) is 0.151. The maximum Gasteiger partial charge on any atom is 0.340 e. The minimum Gasteiger partial charge on any atom is -0.465 e. The zero-order valence-corrected chi connectivity index (χ0v) is 19.9. The number of carbonyl (C=O) groups excluding carboxylic acids is 2. The molecule has 3 aromatic rings. The lowest BCUT2D eigenvalue weighted by Gasteiger charge is -2.30. The molecule has 2 aromatic carbocycles. The molecule has 1 fully saturated rings. The summed E-state index contributed by atoms with van der Waals surface area (Å²) in [6.07, 6.45) is 2.89. The first-order valence-electron chi connectivity index (χ1n) is 10.5. The van der Waals surface area contributed by atoms with Gasteiger partial charge in [-0.1, -0.05) is 23.2 Å². The first kappa shape index (κ1) is 23.9. The van der Waals surface area contributed by atoms with Crippen molar-refractivity contribution in [3.63, 3.8) is 0 Å². The average molecular weight is 501 g/mol. The van der Waals surface area contributed by atoms with Gasteiger partial charge < -0.3 is 24.1 Å². The maximum atomic E-state index is 12.5. The van der Waals surface area contributed by atoms with Crippen LogP contribution in [-0.4, -0.2) is 45.3 Å². The number of hydrogen-bond acceptors (Lipinski definition) is 6. The van der Waals surface area contributed by atoms with Crippen molar-refractivity contribution in [2.75, 3.05) is 43.6 Å². The highest BCUT2D eigenvalue weighted by atomic mass is 35.5. The van der Waals surface area contributed by atoms with Crippen LogP contribution in [0.2, 0.25) is 10.0 Å². The van der Waals surface area contributed by atoms with Crippen molar-refractivity contribution in [3.8, 4) is 11.3 Å². The molecule has 1 amide bonds. The van der Waals surface area contributed by atoms with Gasteiger partial charge in [-0.25, -0.2) is 4.79 Å². The number of carbonyl (C=O) groups is 2. The summed E-state index contributed by atoms with van der Waals surface area (Å²) in [5, 5.41) is 3.81. The number of rotatable bonds is 6. The molecule has 2 heterocycles. The quantitative estimate of drug-likeness (QED) is 0.354. The van der Waals surface area contributed by atoms with Gasteiger partial charge in [0.25, 0.3) is 0 Å². The topological polar surface area (TPSA) is 81.0 Å². The molecule has 0 radical (unpaired) electrons. The van der Waals surface area contributed by atoms with E-state index < -0.39 is 5.97 Å². The zero-order chi connectivity index (χ0) is 24.1. The van der Waals surface area contributed by atoms with Crippen LogP contribution in [0.1, 0.15) is 16.1 Å². The highest BCUT2D eigenvalue weighted by Gasteiger charge is 2.20. The molecule has 4 rings (SSSR count). The van der Waals surface area contributed by atoms with E-state index in [-0.39, 0.29) is 5.91 Å². The summed E-state index contributed by atoms with van der Waals surface area (Å²) < 4.78 is 16.1. The molecule has 0 atom stereocenters. The number of furan rings is 1. The summed E-state index contributed by atoms with van der Waals surface area (Å²) in [6, 6.07) is 13.7. The molecule has 9 heteroatoms. The average Bonchev–Trinajstić information content (AvgIpc) is 3.33. The van der Waals surface area contributed by atoms with Crippen LogP contribution in [0.4, 0.5) is 11.4 Å². The lowest BCUT2D eigenvalue weighted by Crippen LogP contribution is -2.37. The second-order valence-corrected chi connectivity index (χ2v) is 8.32. The number of halogens is 2. The van der Waals surface area contributed by atoms with E-state index in [2.05, 4.69) is 10.2 Å². The number of esters is 1. The van der Waals surface area contributed by atoms with Crippen LogP contribution in [0.3, 0.4) is 0 Å². The fourth-order valence-electron chi connectivity index (χ4n) is 3.58. The lowest BCUT2D eigenvalue weighted by atomic mass is 10.1. The first-order chi connectivity index (χ1) is 16.4. The van der Waals surface area contributed by atoms with Crippen LogP contribution in [0.5, 0.6) is 0 Å². The molecule has 1 aromatic heterocycles. The van der Waals surface area contributed by atoms with Crippen LogP contribution >= 0.6 is 23.2 Å². The first-order valence-corrected chi connectivity index (χ1v) is 11.3. The minimum absolute atomic E-state index is 0.375. The Morgan fingerprint density at radius 3 is 2.62 bits per heavy atom. The number of morpholine rings is 1. The van der Waals surface area contributed by atoms with Gasteiger partial charge in [0.1, 0.15) is 11.5 Å². The number of hydrogen-bond donors (Lipinski definition) is 1. The number of nitrogens with one attached hydrogen (secondary N) is 1. The fraction of sp³-hybridized carbons (Fsp3) is 0.200. The third kappa shape index (κ3) is 5.62. The standard InChI is InChI=1S/C25H22Cl2N2O5/c1-32-25(31)20-15-17(3-7-22(20)29-10-12-33-13-11-29)28-24(30)9-5-18-4-8-23(34-18)19-14-16(26)2-6-21(19)27/h2-9,14-15H,10-13H2,1H3,(H,28,30)/b9-5+. The van der Waals surface area contributed by atoms with Gasteiger partial charge in [0.2, 0.25) is 5.91 Å². The van der Waals surface area contributed by atoms with Crippen LogP contribution in [0.15, 0.2) is 59.0 Å². The van der Waals surface area contributed by atoms with Gasteiger partial charge in [0.15, 0.2) is 0 Å². The number of ether oxygens (including phenoxy) is 2. The molecule has 1 N–H and O–H groups in total. The Kier molecular flexibility index (Phi) is 7.57. The van der Waals surface area contributed by atoms with Crippen molar-refractivity contribution >= 4 is 52.5 Å². The van der Waals surface area contributed by atoms with Gasteiger partial charge in [-0.05, 0) is 54.6 Å². The highest BCUT2D eigenvalue weighted by molar-refractivity contribution is 6.35. The van der Waals surface area contributed by atoms with Gasteiger partial charge in [0, 0.05) is 35.4 Å². The summed E-state index contributed by atoms with van der Waals surface area (Å²) in [7, 11) is 1.33. The van der Waals surface area contributed by atoms with Crippen LogP contribution in [0, 0.1) is 0 Å². The monoisotopic (exact) mass is 500 g/mol. The third-order valence-corrected chi connectivity index (χ3v) is 5.81. The largest absolute Gasteiger partial charge is 0.465 e. The Morgan fingerprint density at radius 1 is 1.06 bits per heavy atom. The van der Waals surface area contributed by atoms with Crippen molar-refractivity contribution < 1.29 is 23.5 Å². The van der Waals surface area contributed by atoms with Crippen molar-refractivity contribution in [3.05, 3.63) is 76.0 Å². The van der Waals surface area contributed by atoms with E-state index in [9.17, 15) is 9.59 Å². The highest BCUT2D eigenvalue weighted by Crippen LogP contribution is 2.32. The summed E-state index contributed by atoms with van der Waals surface area (Å²) in [4.78, 5) is 26.9. The Balaban J connectivity index is 1.47. The zero-order valence-electron chi connectivity index (χ0n) is 18.3. The number of nitrogens with zero attached hydrogens (tertiary/aromatic N) is 1. The van der Waals surface area contributed by atoms with Crippen molar-refractivity contribution in [1.82, 2.24) is 0 Å². The normalized spacial score (nSPS) is 13.8. The van der Waals surface area contributed by atoms with E-state index in [1.54, 1.807) is 54.6 Å². The molecule has 176 valence electrons. The predicted molar refractivity (Wildman–Crippen MR) is 133 cm³/mol. The van der Waals surface area contributed by atoms with Crippen LogP contribution in [-0.2, 0) is 14.3 Å². The fourth-order valence-corrected chi connectivity index (χ4v) is 3.97. The van der Waals surface area contributed by atoms with Crippen LogP contribution in [0.25, 0.3) is 17.4 Å². The minimum atomic E-state index is -0.476. The molecule has 1 aliphatic rings. The number of anilines is 2. The second kappa shape index (κ2) is 10.8. The third-order valence-electron chi connectivity index (χ3n) is 5.24. The Morgan fingerprint density at radius 2 is 1.85 bits per heavy atom.